The average Bonchev–Trinajstić information content (AvgIpc) is 3.14. The summed E-state index contributed by atoms with van der Waals surface area (Å²) >= 11 is 0. The van der Waals surface area contributed by atoms with Gasteiger partial charge in [-0.25, -0.2) is 4.68 Å². The van der Waals surface area contributed by atoms with Crippen molar-refractivity contribution in [1.82, 2.24) is 20.1 Å². The number of rotatable bonds is 3. The number of nitrogens with one attached hydrogen (secondary N) is 2. The number of halogens is 1. The minimum absolute atomic E-state index is 0. The fourth-order valence-corrected chi connectivity index (χ4v) is 4.49. The Hall–Kier alpha value is -1.14. The Labute approximate surface area is 149 Å². The van der Waals surface area contributed by atoms with Crippen LogP contribution in [0.1, 0.15) is 63.1 Å². The first-order valence-electron chi connectivity index (χ1n) is 9.10. The van der Waals surface area contributed by atoms with Crippen molar-refractivity contribution in [3.05, 3.63) is 5.82 Å². The van der Waals surface area contributed by atoms with Crippen LogP contribution in [0.3, 0.4) is 0 Å². The molecule has 1 unspecified atom stereocenters. The molecule has 1 atom stereocenters. The first-order chi connectivity index (χ1) is 11.2. The molecule has 0 bridgehead atoms. The van der Waals surface area contributed by atoms with Gasteiger partial charge in [-0.3, -0.25) is 10.1 Å². The molecule has 134 valence electrons. The molecule has 24 heavy (non-hydrogen) atoms. The number of carbonyl (C=O) groups is 1. The fourth-order valence-electron chi connectivity index (χ4n) is 4.49. The van der Waals surface area contributed by atoms with Gasteiger partial charge in [0.2, 0.25) is 11.9 Å². The predicted molar refractivity (Wildman–Crippen MR) is 95.4 cm³/mol. The number of piperidine rings is 1. The Bertz CT molecular complexity index is 590. The summed E-state index contributed by atoms with van der Waals surface area (Å²) in [6.07, 6.45) is 9.57. The molecule has 2 N–H and O–H groups in total. The summed E-state index contributed by atoms with van der Waals surface area (Å²) in [6.45, 7) is 2.05. The molecule has 2 saturated carbocycles. The van der Waals surface area contributed by atoms with Gasteiger partial charge in [-0.2, -0.15) is 10.1 Å². The Balaban J connectivity index is 0.00000169. The number of amides is 1. The zero-order valence-electron chi connectivity index (χ0n) is 14.4. The van der Waals surface area contributed by atoms with Crippen molar-refractivity contribution in [2.24, 2.45) is 18.4 Å². The van der Waals surface area contributed by atoms with Crippen molar-refractivity contribution in [3.8, 4) is 0 Å². The fraction of sp³-hybridized carbons (Fsp3) is 0.824. The molecule has 2 aliphatic carbocycles. The average molecular weight is 354 g/mol. The van der Waals surface area contributed by atoms with Crippen molar-refractivity contribution < 1.29 is 4.79 Å². The largest absolute Gasteiger partial charge is 0.317 e. The lowest BCUT2D eigenvalue weighted by atomic mass is 9.84. The summed E-state index contributed by atoms with van der Waals surface area (Å²) < 4.78 is 1.73. The summed E-state index contributed by atoms with van der Waals surface area (Å²) in [5.41, 5.74) is 0.318. The zero-order valence-corrected chi connectivity index (χ0v) is 15.2. The molecule has 7 heteroatoms. The van der Waals surface area contributed by atoms with Gasteiger partial charge in [0.05, 0.1) is 0 Å². The van der Waals surface area contributed by atoms with Crippen LogP contribution in [-0.2, 0) is 11.8 Å². The lowest BCUT2D eigenvalue weighted by molar-refractivity contribution is -0.118. The molecule has 1 spiro atoms. The van der Waals surface area contributed by atoms with Gasteiger partial charge in [0.15, 0.2) is 5.82 Å². The number of hydrogen-bond acceptors (Lipinski definition) is 4. The molecule has 6 nitrogen and oxygen atoms in total. The van der Waals surface area contributed by atoms with E-state index >= 15 is 0 Å². The first-order valence-corrected chi connectivity index (χ1v) is 9.10. The summed E-state index contributed by atoms with van der Waals surface area (Å²) in [4.78, 5) is 17.2. The molecule has 1 aromatic rings. The van der Waals surface area contributed by atoms with E-state index in [4.69, 9.17) is 0 Å². The molecular weight excluding hydrogens is 326 g/mol. The summed E-state index contributed by atoms with van der Waals surface area (Å²) in [7, 11) is 1.87. The quantitative estimate of drug-likeness (QED) is 0.876. The molecular formula is C17H28ClN5O. The lowest BCUT2D eigenvalue weighted by Gasteiger charge is -2.21. The van der Waals surface area contributed by atoms with Crippen LogP contribution in [0.5, 0.6) is 0 Å². The summed E-state index contributed by atoms with van der Waals surface area (Å²) in [5.74, 6) is 2.26. The van der Waals surface area contributed by atoms with E-state index in [0.29, 0.717) is 17.3 Å². The van der Waals surface area contributed by atoms with Crippen molar-refractivity contribution in [2.45, 2.75) is 57.3 Å². The molecule has 2 heterocycles. The van der Waals surface area contributed by atoms with Crippen molar-refractivity contribution in [3.63, 3.8) is 0 Å². The molecule has 3 fully saturated rings. The smallest absolute Gasteiger partial charge is 0.230 e. The van der Waals surface area contributed by atoms with Gasteiger partial charge >= 0.3 is 0 Å². The lowest BCUT2D eigenvalue weighted by Crippen LogP contribution is -2.27. The zero-order chi connectivity index (χ0) is 15.9. The maximum absolute atomic E-state index is 12.6. The van der Waals surface area contributed by atoms with Crippen molar-refractivity contribution in [2.75, 3.05) is 18.4 Å². The van der Waals surface area contributed by atoms with Crippen LogP contribution < -0.4 is 10.6 Å². The highest BCUT2D eigenvalue weighted by molar-refractivity contribution is 5.93. The second-order valence-electron chi connectivity index (χ2n) is 7.61. The van der Waals surface area contributed by atoms with Crippen LogP contribution in [0, 0.1) is 11.3 Å². The minimum atomic E-state index is 0. The van der Waals surface area contributed by atoms with Crippen LogP contribution in [0.25, 0.3) is 0 Å². The molecule has 4 rings (SSSR count). The van der Waals surface area contributed by atoms with E-state index in [0.717, 1.165) is 38.2 Å². The van der Waals surface area contributed by atoms with Gasteiger partial charge in [0.25, 0.3) is 0 Å². The van der Waals surface area contributed by atoms with Gasteiger partial charge in [-0.15, -0.1) is 12.4 Å². The second kappa shape index (κ2) is 7.00. The molecule has 1 saturated heterocycles. The van der Waals surface area contributed by atoms with Crippen molar-refractivity contribution in [1.29, 1.82) is 0 Å². The third-order valence-corrected chi connectivity index (χ3v) is 6.07. The van der Waals surface area contributed by atoms with Crippen LogP contribution >= 0.6 is 12.4 Å². The molecule has 0 radical (unpaired) electrons. The van der Waals surface area contributed by atoms with Crippen LogP contribution in [0.4, 0.5) is 5.95 Å². The maximum Gasteiger partial charge on any atom is 0.230 e. The van der Waals surface area contributed by atoms with Gasteiger partial charge in [-0.05, 0) is 50.6 Å². The predicted octanol–water partition coefficient (Wildman–Crippen LogP) is 2.61. The monoisotopic (exact) mass is 353 g/mol. The van der Waals surface area contributed by atoms with E-state index in [1.165, 1.54) is 32.1 Å². The third kappa shape index (κ3) is 3.31. The number of aromatic nitrogens is 3. The SMILES string of the molecule is Cl.Cn1nc(C2CCNCC2)nc1NC(=O)C1CC12CCCCC2. The minimum Gasteiger partial charge on any atom is -0.317 e. The van der Waals surface area contributed by atoms with E-state index in [1.54, 1.807) is 4.68 Å². The Morgan fingerprint density at radius 3 is 2.67 bits per heavy atom. The first kappa shape index (κ1) is 17.7. The highest BCUT2D eigenvalue weighted by atomic mass is 35.5. The molecule has 1 aromatic heterocycles. The van der Waals surface area contributed by atoms with E-state index in [9.17, 15) is 4.79 Å². The second-order valence-corrected chi connectivity index (χ2v) is 7.61. The van der Waals surface area contributed by atoms with Crippen LogP contribution in [0.2, 0.25) is 0 Å². The molecule has 1 amide bonds. The summed E-state index contributed by atoms with van der Waals surface area (Å²) in [6, 6.07) is 0. The number of anilines is 1. The van der Waals surface area contributed by atoms with Gasteiger partial charge in [0, 0.05) is 18.9 Å². The Kier molecular flexibility index (Phi) is 5.16. The van der Waals surface area contributed by atoms with Crippen LogP contribution in [-0.4, -0.2) is 33.8 Å². The number of nitrogens with zero attached hydrogens (tertiary/aromatic N) is 3. The highest BCUT2D eigenvalue weighted by Gasteiger charge is 2.57. The maximum atomic E-state index is 12.6. The standard InChI is InChI=1S/C17H27N5O.ClH/c1-22-16(19-14(21-22)12-5-9-18-10-6-12)20-15(23)13-11-17(13)7-3-2-4-8-17;/h12-13,18H,2-11H2,1H3,(H,19,20,21,23);1H. The number of hydrogen-bond donors (Lipinski definition) is 2. The Morgan fingerprint density at radius 1 is 1.25 bits per heavy atom. The van der Waals surface area contributed by atoms with Crippen molar-refractivity contribution >= 4 is 24.3 Å². The molecule has 1 aliphatic heterocycles. The van der Waals surface area contributed by atoms with E-state index < -0.39 is 0 Å². The molecule has 3 aliphatic rings. The van der Waals surface area contributed by atoms with E-state index in [1.807, 2.05) is 7.05 Å². The highest BCUT2D eigenvalue weighted by Crippen LogP contribution is 2.61. The number of aryl methyl sites for hydroxylation is 1. The summed E-state index contributed by atoms with van der Waals surface area (Å²) in [5, 5.41) is 10.9. The molecule has 0 aromatic carbocycles. The van der Waals surface area contributed by atoms with E-state index in [-0.39, 0.29) is 24.2 Å². The Morgan fingerprint density at radius 2 is 1.96 bits per heavy atom. The third-order valence-electron chi connectivity index (χ3n) is 6.07. The van der Waals surface area contributed by atoms with Gasteiger partial charge in [-0.1, -0.05) is 19.3 Å². The number of carbonyl (C=O) groups excluding carboxylic acids is 1. The van der Waals surface area contributed by atoms with Crippen LogP contribution in [0.15, 0.2) is 0 Å². The van der Waals surface area contributed by atoms with E-state index in [2.05, 4.69) is 20.7 Å². The van der Waals surface area contributed by atoms with Gasteiger partial charge < -0.3 is 5.32 Å². The van der Waals surface area contributed by atoms with Gasteiger partial charge in [0.1, 0.15) is 0 Å². The normalized spacial score (nSPS) is 26.0. The topological polar surface area (TPSA) is 71.8 Å².